The van der Waals surface area contributed by atoms with Gasteiger partial charge in [0.15, 0.2) is 0 Å². The van der Waals surface area contributed by atoms with Crippen LogP contribution in [0.25, 0.3) is 0 Å². The van der Waals surface area contributed by atoms with E-state index in [1.807, 2.05) is 12.1 Å². The molecule has 1 N–H and O–H groups in total. The largest absolute Gasteiger partial charge is 0.396 e. The normalized spacial score (nSPS) is 24.4. The van der Waals surface area contributed by atoms with Crippen molar-refractivity contribution in [1.82, 2.24) is 14.7 Å². The molecule has 0 bridgehead atoms. The fourth-order valence-electron chi connectivity index (χ4n) is 4.57. The SMILES string of the molecule is CC(C)N1CCC(N2CCN(Cc3ccccc3F)C[C@@H]2CCO)CC1. The van der Waals surface area contributed by atoms with Crippen molar-refractivity contribution >= 4 is 0 Å². The Kier molecular flexibility index (Phi) is 7.04. The van der Waals surface area contributed by atoms with Crippen LogP contribution in [0.3, 0.4) is 0 Å². The van der Waals surface area contributed by atoms with Crippen LogP contribution in [0.5, 0.6) is 0 Å². The van der Waals surface area contributed by atoms with Gasteiger partial charge in [0, 0.05) is 56.5 Å². The first-order valence-electron chi connectivity index (χ1n) is 10.1. The molecule has 0 radical (unpaired) electrons. The molecule has 5 heteroatoms. The number of aliphatic hydroxyl groups is 1. The van der Waals surface area contributed by atoms with E-state index in [1.165, 1.54) is 25.9 Å². The van der Waals surface area contributed by atoms with Gasteiger partial charge in [-0.25, -0.2) is 4.39 Å². The molecule has 0 spiro atoms. The molecule has 2 heterocycles. The number of hydrogen-bond acceptors (Lipinski definition) is 4. The van der Waals surface area contributed by atoms with Crippen molar-refractivity contribution in [2.24, 2.45) is 0 Å². The maximum atomic E-state index is 14.0. The van der Waals surface area contributed by atoms with E-state index >= 15 is 0 Å². The third kappa shape index (κ3) is 4.83. The zero-order valence-corrected chi connectivity index (χ0v) is 16.3. The third-order valence-electron chi connectivity index (χ3n) is 6.12. The Labute approximate surface area is 157 Å². The number of piperazine rings is 1. The molecule has 1 atom stereocenters. The highest BCUT2D eigenvalue weighted by Gasteiger charge is 2.33. The summed E-state index contributed by atoms with van der Waals surface area (Å²) in [5, 5.41) is 9.56. The second-order valence-corrected chi connectivity index (χ2v) is 8.09. The van der Waals surface area contributed by atoms with Crippen LogP contribution in [0.1, 0.15) is 38.7 Å². The standard InChI is InChI=1S/C21H34FN3O/c1-17(2)24-10-7-19(8-11-24)25-13-12-23(16-20(25)9-14-26)15-18-5-3-4-6-21(18)22/h3-6,17,19-20,26H,7-16H2,1-2H3/t20-/m0/s1. The Morgan fingerprint density at radius 1 is 1.12 bits per heavy atom. The van der Waals surface area contributed by atoms with Gasteiger partial charge in [-0.3, -0.25) is 9.80 Å². The molecule has 0 aromatic heterocycles. The van der Waals surface area contributed by atoms with E-state index in [0.29, 0.717) is 24.7 Å². The molecule has 1 aromatic rings. The first-order chi connectivity index (χ1) is 12.6. The van der Waals surface area contributed by atoms with Crippen LogP contribution in [-0.2, 0) is 6.54 Å². The molecule has 26 heavy (non-hydrogen) atoms. The van der Waals surface area contributed by atoms with E-state index in [9.17, 15) is 9.50 Å². The predicted molar refractivity (Wildman–Crippen MR) is 104 cm³/mol. The maximum absolute atomic E-state index is 14.0. The molecule has 146 valence electrons. The van der Waals surface area contributed by atoms with Gasteiger partial charge in [-0.2, -0.15) is 0 Å². The van der Waals surface area contributed by atoms with Crippen molar-refractivity contribution in [2.75, 3.05) is 39.3 Å². The molecule has 2 aliphatic heterocycles. The van der Waals surface area contributed by atoms with E-state index < -0.39 is 0 Å². The molecule has 0 saturated carbocycles. The topological polar surface area (TPSA) is 30.0 Å². The number of aliphatic hydroxyl groups excluding tert-OH is 1. The molecular formula is C21H34FN3O. The molecule has 0 amide bonds. The van der Waals surface area contributed by atoms with Crippen LogP contribution >= 0.6 is 0 Å². The van der Waals surface area contributed by atoms with Crippen LogP contribution in [0.15, 0.2) is 24.3 Å². The number of halogens is 1. The number of piperidine rings is 1. The molecular weight excluding hydrogens is 329 g/mol. The Morgan fingerprint density at radius 3 is 2.50 bits per heavy atom. The molecule has 0 aliphatic carbocycles. The average Bonchev–Trinajstić information content (AvgIpc) is 2.64. The fraction of sp³-hybridized carbons (Fsp3) is 0.714. The quantitative estimate of drug-likeness (QED) is 0.841. The minimum atomic E-state index is -0.116. The highest BCUT2D eigenvalue weighted by Crippen LogP contribution is 2.25. The lowest BCUT2D eigenvalue weighted by Gasteiger charge is -2.48. The van der Waals surface area contributed by atoms with Crippen molar-refractivity contribution < 1.29 is 9.50 Å². The molecule has 4 nitrogen and oxygen atoms in total. The third-order valence-corrected chi connectivity index (χ3v) is 6.12. The number of hydrogen-bond donors (Lipinski definition) is 1. The number of nitrogens with zero attached hydrogens (tertiary/aromatic N) is 3. The summed E-state index contributed by atoms with van der Waals surface area (Å²) in [5.74, 6) is -0.116. The molecule has 2 fully saturated rings. The zero-order chi connectivity index (χ0) is 18.5. The molecule has 0 unspecified atom stereocenters. The summed E-state index contributed by atoms with van der Waals surface area (Å²) in [6.07, 6.45) is 3.24. The van der Waals surface area contributed by atoms with Crippen molar-refractivity contribution in [3.05, 3.63) is 35.6 Å². The van der Waals surface area contributed by atoms with Gasteiger partial charge in [0.25, 0.3) is 0 Å². The molecule has 2 aliphatic rings. The monoisotopic (exact) mass is 363 g/mol. The summed E-state index contributed by atoms with van der Waals surface area (Å²) in [4.78, 5) is 7.54. The maximum Gasteiger partial charge on any atom is 0.127 e. The lowest BCUT2D eigenvalue weighted by atomic mass is 9.97. The van der Waals surface area contributed by atoms with Crippen molar-refractivity contribution in [3.8, 4) is 0 Å². The van der Waals surface area contributed by atoms with Gasteiger partial charge in [0.05, 0.1) is 0 Å². The highest BCUT2D eigenvalue weighted by molar-refractivity contribution is 5.17. The number of benzene rings is 1. The van der Waals surface area contributed by atoms with Gasteiger partial charge in [-0.05, 0) is 52.3 Å². The van der Waals surface area contributed by atoms with E-state index in [4.69, 9.17) is 0 Å². The van der Waals surface area contributed by atoms with Crippen LogP contribution in [0.2, 0.25) is 0 Å². The number of likely N-dealkylation sites (tertiary alicyclic amines) is 1. The lowest BCUT2D eigenvalue weighted by Crippen LogP contribution is -2.58. The summed E-state index contributed by atoms with van der Waals surface area (Å²) >= 11 is 0. The van der Waals surface area contributed by atoms with Gasteiger partial charge in [0.2, 0.25) is 0 Å². The van der Waals surface area contributed by atoms with Crippen LogP contribution in [-0.4, -0.2) is 77.3 Å². The van der Waals surface area contributed by atoms with Gasteiger partial charge < -0.3 is 10.0 Å². The van der Waals surface area contributed by atoms with Gasteiger partial charge in [0.1, 0.15) is 5.82 Å². The fourth-order valence-corrected chi connectivity index (χ4v) is 4.57. The second-order valence-electron chi connectivity index (χ2n) is 8.09. The Hall–Kier alpha value is -1.01. The molecule has 3 rings (SSSR count). The Morgan fingerprint density at radius 2 is 1.85 bits per heavy atom. The Bertz CT molecular complexity index is 560. The summed E-state index contributed by atoms with van der Waals surface area (Å²) in [7, 11) is 0. The first kappa shape index (κ1) is 19.7. The second kappa shape index (κ2) is 9.27. The van der Waals surface area contributed by atoms with Crippen molar-refractivity contribution in [2.45, 2.75) is 57.8 Å². The molecule has 2 saturated heterocycles. The van der Waals surface area contributed by atoms with E-state index in [-0.39, 0.29) is 12.4 Å². The minimum Gasteiger partial charge on any atom is -0.396 e. The van der Waals surface area contributed by atoms with Crippen molar-refractivity contribution in [3.63, 3.8) is 0 Å². The van der Waals surface area contributed by atoms with E-state index in [0.717, 1.165) is 31.6 Å². The first-order valence-corrected chi connectivity index (χ1v) is 10.1. The summed E-state index contributed by atoms with van der Waals surface area (Å²) in [6, 6.07) is 8.69. The van der Waals surface area contributed by atoms with Crippen LogP contribution < -0.4 is 0 Å². The smallest absolute Gasteiger partial charge is 0.127 e. The van der Waals surface area contributed by atoms with Gasteiger partial charge in [-0.15, -0.1) is 0 Å². The van der Waals surface area contributed by atoms with E-state index in [1.54, 1.807) is 12.1 Å². The summed E-state index contributed by atoms with van der Waals surface area (Å²) in [5.41, 5.74) is 0.772. The zero-order valence-electron chi connectivity index (χ0n) is 16.3. The highest BCUT2D eigenvalue weighted by atomic mass is 19.1. The average molecular weight is 364 g/mol. The van der Waals surface area contributed by atoms with Gasteiger partial charge >= 0.3 is 0 Å². The summed E-state index contributed by atoms with van der Waals surface area (Å²) < 4.78 is 14.0. The van der Waals surface area contributed by atoms with Crippen LogP contribution in [0.4, 0.5) is 4.39 Å². The predicted octanol–water partition coefficient (Wildman–Crippen LogP) is 2.57. The van der Waals surface area contributed by atoms with Gasteiger partial charge in [-0.1, -0.05) is 18.2 Å². The minimum absolute atomic E-state index is 0.116. The van der Waals surface area contributed by atoms with Crippen molar-refractivity contribution in [1.29, 1.82) is 0 Å². The Balaban J connectivity index is 1.59. The molecule has 1 aromatic carbocycles. The van der Waals surface area contributed by atoms with E-state index in [2.05, 4.69) is 28.5 Å². The lowest BCUT2D eigenvalue weighted by molar-refractivity contribution is -0.000285. The summed E-state index contributed by atoms with van der Waals surface area (Å²) in [6.45, 7) is 10.7. The van der Waals surface area contributed by atoms with Crippen LogP contribution in [0, 0.1) is 5.82 Å². The number of rotatable bonds is 6.